The van der Waals surface area contributed by atoms with Crippen LogP contribution in [0.4, 0.5) is 5.82 Å². The number of amides is 1. The first-order chi connectivity index (χ1) is 12.0. The molecule has 0 unspecified atom stereocenters. The molecule has 1 atom stereocenters. The van der Waals surface area contributed by atoms with Gasteiger partial charge in [-0.25, -0.2) is 0 Å². The number of hydrogen-bond acceptors (Lipinski definition) is 4. The van der Waals surface area contributed by atoms with Crippen LogP contribution in [0.1, 0.15) is 43.0 Å². The zero-order chi connectivity index (χ0) is 17.8. The van der Waals surface area contributed by atoms with Crippen molar-refractivity contribution in [1.82, 2.24) is 15.5 Å². The van der Waals surface area contributed by atoms with E-state index in [1.54, 1.807) is 0 Å². The van der Waals surface area contributed by atoms with Gasteiger partial charge in [0.15, 0.2) is 5.82 Å². The van der Waals surface area contributed by atoms with Gasteiger partial charge in [-0.15, -0.1) is 5.10 Å². The third-order valence-electron chi connectivity index (χ3n) is 4.67. The van der Waals surface area contributed by atoms with E-state index in [-0.39, 0.29) is 11.9 Å². The second-order valence-corrected chi connectivity index (χ2v) is 7.11. The third kappa shape index (κ3) is 4.56. The highest BCUT2D eigenvalue weighted by Crippen LogP contribution is 2.18. The number of hydrogen-bond donors (Lipinski definition) is 1. The fraction of sp³-hybridized carbons (Fsp3) is 0.450. The van der Waals surface area contributed by atoms with E-state index in [0.29, 0.717) is 12.3 Å². The number of anilines is 1. The van der Waals surface area contributed by atoms with Gasteiger partial charge in [-0.3, -0.25) is 4.79 Å². The number of rotatable bonds is 5. The maximum atomic E-state index is 12.3. The van der Waals surface area contributed by atoms with Crippen LogP contribution in [0.5, 0.6) is 0 Å². The van der Waals surface area contributed by atoms with Crippen LogP contribution in [0.15, 0.2) is 36.4 Å². The van der Waals surface area contributed by atoms with Crippen molar-refractivity contribution >= 4 is 11.7 Å². The lowest BCUT2D eigenvalue weighted by molar-refractivity contribution is -0.121. The van der Waals surface area contributed by atoms with Crippen LogP contribution < -0.4 is 10.2 Å². The van der Waals surface area contributed by atoms with E-state index in [1.165, 1.54) is 5.56 Å². The number of aryl methyl sites for hydroxylation is 1. The van der Waals surface area contributed by atoms with Crippen molar-refractivity contribution in [1.29, 1.82) is 0 Å². The highest BCUT2D eigenvalue weighted by Gasteiger charge is 2.25. The molecule has 25 heavy (non-hydrogen) atoms. The van der Waals surface area contributed by atoms with Crippen LogP contribution in [0.25, 0.3) is 0 Å². The Morgan fingerprint density at radius 2 is 1.96 bits per heavy atom. The standard InChI is InChI=1S/C20H26N4O/c1-14(2)17-7-5-16(6-8-17)12-20(25)21-18-10-11-24(13-18)19-9-4-15(3)22-23-19/h4-9,14,18H,10-13H2,1-3H3,(H,21,25)/t18-/m1/s1. The van der Waals surface area contributed by atoms with Crippen LogP contribution in [0.2, 0.25) is 0 Å². The Bertz CT molecular complexity index is 709. The number of carbonyl (C=O) groups excluding carboxylic acids is 1. The highest BCUT2D eigenvalue weighted by atomic mass is 16.1. The molecule has 1 aromatic heterocycles. The summed E-state index contributed by atoms with van der Waals surface area (Å²) in [4.78, 5) is 14.5. The Balaban J connectivity index is 1.51. The number of nitrogens with one attached hydrogen (secondary N) is 1. The maximum Gasteiger partial charge on any atom is 0.224 e. The molecule has 1 fully saturated rings. The molecule has 0 spiro atoms. The summed E-state index contributed by atoms with van der Waals surface area (Å²) >= 11 is 0. The van der Waals surface area contributed by atoms with E-state index >= 15 is 0 Å². The summed E-state index contributed by atoms with van der Waals surface area (Å²) < 4.78 is 0. The predicted molar refractivity (Wildman–Crippen MR) is 99.8 cm³/mol. The van der Waals surface area contributed by atoms with E-state index in [9.17, 15) is 4.79 Å². The number of aromatic nitrogens is 2. The van der Waals surface area contributed by atoms with Crippen molar-refractivity contribution in [3.8, 4) is 0 Å². The molecule has 3 rings (SSSR count). The largest absolute Gasteiger partial charge is 0.353 e. The number of nitrogens with zero attached hydrogens (tertiary/aromatic N) is 3. The quantitative estimate of drug-likeness (QED) is 0.911. The normalized spacial score (nSPS) is 17.1. The monoisotopic (exact) mass is 338 g/mol. The highest BCUT2D eigenvalue weighted by molar-refractivity contribution is 5.79. The summed E-state index contributed by atoms with van der Waals surface area (Å²) in [5.74, 6) is 1.47. The van der Waals surface area contributed by atoms with Gasteiger partial charge in [-0.1, -0.05) is 38.1 Å². The molecule has 1 amide bonds. The zero-order valence-electron chi connectivity index (χ0n) is 15.2. The first kappa shape index (κ1) is 17.4. The molecular formula is C20H26N4O. The first-order valence-electron chi connectivity index (χ1n) is 8.95. The van der Waals surface area contributed by atoms with E-state index in [0.717, 1.165) is 36.6 Å². The summed E-state index contributed by atoms with van der Waals surface area (Å²) in [6, 6.07) is 12.5. The van der Waals surface area contributed by atoms with Crippen molar-refractivity contribution in [2.75, 3.05) is 18.0 Å². The molecular weight excluding hydrogens is 312 g/mol. The molecule has 132 valence electrons. The van der Waals surface area contributed by atoms with Crippen LogP contribution in [0, 0.1) is 6.92 Å². The summed E-state index contributed by atoms with van der Waals surface area (Å²) in [6.45, 7) is 7.96. The molecule has 0 bridgehead atoms. The molecule has 5 nitrogen and oxygen atoms in total. The Labute approximate surface area is 149 Å². The van der Waals surface area contributed by atoms with Crippen LogP contribution in [0.3, 0.4) is 0 Å². The van der Waals surface area contributed by atoms with E-state index in [1.807, 2.05) is 19.1 Å². The summed E-state index contributed by atoms with van der Waals surface area (Å²) in [5, 5.41) is 11.5. The molecule has 1 aliphatic rings. The molecule has 2 heterocycles. The second-order valence-electron chi connectivity index (χ2n) is 7.11. The number of carbonyl (C=O) groups is 1. The van der Waals surface area contributed by atoms with E-state index < -0.39 is 0 Å². The average molecular weight is 338 g/mol. The summed E-state index contributed by atoms with van der Waals surface area (Å²) in [5.41, 5.74) is 3.27. The molecule has 2 aromatic rings. The van der Waals surface area contributed by atoms with Crippen molar-refractivity contribution in [3.05, 3.63) is 53.2 Å². The molecule has 0 saturated carbocycles. The van der Waals surface area contributed by atoms with E-state index in [4.69, 9.17) is 0 Å². The Hall–Kier alpha value is -2.43. The van der Waals surface area contributed by atoms with Gasteiger partial charge in [-0.2, -0.15) is 5.10 Å². The van der Waals surface area contributed by atoms with Gasteiger partial charge in [0.2, 0.25) is 5.91 Å². The van der Waals surface area contributed by atoms with Gasteiger partial charge in [-0.05, 0) is 42.5 Å². The zero-order valence-corrected chi connectivity index (χ0v) is 15.2. The van der Waals surface area contributed by atoms with Crippen molar-refractivity contribution in [2.24, 2.45) is 0 Å². The van der Waals surface area contributed by atoms with Gasteiger partial charge in [0, 0.05) is 19.1 Å². The SMILES string of the molecule is Cc1ccc(N2CC[C@@H](NC(=O)Cc3ccc(C(C)C)cc3)C2)nn1. The second kappa shape index (κ2) is 7.64. The predicted octanol–water partition coefficient (Wildman–Crippen LogP) is 2.85. The van der Waals surface area contributed by atoms with Crippen LogP contribution in [-0.4, -0.2) is 35.2 Å². The minimum Gasteiger partial charge on any atom is -0.353 e. The molecule has 0 aliphatic carbocycles. The third-order valence-corrected chi connectivity index (χ3v) is 4.67. The molecule has 1 aromatic carbocycles. The van der Waals surface area contributed by atoms with E-state index in [2.05, 4.69) is 58.5 Å². The minimum absolute atomic E-state index is 0.0825. The molecule has 5 heteroatoms. The van der Waals surface area contributed by atoms with Crippen molar-refractivity contribution in [3.63, 3.8) is 0 Å². The minimum atomic E-state index is 0.0825. The number of benzene rings is 1. The van der Waals surface area contributed by atoms with Gasteiger partial charge in [0.25, 0.3) is 0 Å². The van der Waals surface area contributed by atoms with Crippen LogP contribution >= 0.6 is 0 Å². The molecule has 1 saturated heterocycles. The Kier molecular flexibility index (Phi) is 5.31. The lowest BCUT2D eigenvalue weighted by Gasteiger charge is -2.17. The lowest BCUT2D eigenvalue weighted by Crippen LogP contribution is -2.38. The average Bonchev–Trinajstić information content (AvgIpc) is 3.04. The van der Waals surface area contributed by atoms with Crippen molar-refractivity contribution in [2.45, 2.75) is 45.6 Å². The molecule has 0 radical (unpaired) electrons. The topological polar surface area (TPSA) is 58.1 Å². The smallest absolute Gasteiger partial charge is 0.224 e. The Morgan fingerprint density at radius 3 is 2.60 bits per heavy atom. The summed E-state index contributed by atoms with van der Waals surface area (Å²) in [6.07, 6.45) is 1.37. The van der Waals surface area contributed by atoms with Gasteiger partial charge in [0.1, 0.15) is 0 Å². The fourth-order valence-corrected chi connectivity index (χ4v) is 3.13. The van der Waals surface area contributed by atoms with Gasteiger partial charge in [0.05, 0.1) is 12.1 Å². The fourth-order valence-electron chi connectivity index (χ4n) is 3.13. The summed E-state index contributed by atoms with van der Waals surface area (Å²) in [7, 11) is 0. The van der Waals surface area contributed by atoms with Crippen LogP contribution in [-0.2, 0) is 11.2 Å². The molecule has 1 N–H and O–H groups in total. The maximum absolute atomic E-state index is 12.3. The van der Waals surface area contributed by atoms with Gasteiger partial charge >= 0.3 is 0 Å². The van der Waals surface area contributed by atoms with Crippen molar-refractivity contribution < 1.29 is 4.79 Å². The lowest BCUT2D eigenvalue weighted by atomic mass is 10.0. The first-order valence-corrected chi connectivity index (χ1v) is 8.95. The Morgan fingerprint density at radius 1 is 1.20 bits per heavy atom. The molecule has 1 aliphatic heterocycles. The van der Waals surface area contributed by atoms with Gasteiger partial charge < -0.3 is 10.2 Å².